The Morgan fingerprint density at radius 1 is 1.23 bits per heavy atom. The van der Waals surface area contributed by atoms with Crippen LogP contribution in [0.2, 0.25) is 18.1 Å². The van der Waals surface area contributed by atoms with Crippen molar-refractivity contribution in [1.82, 2.24) is 25.1 Å². The number of aromatic nitrogens is 2. The van der Waals surface area contributed by atoms with Gasteiger partial charge in [-0.15, -0.1) is 14.5 Å². The third-order valence-electron chi connectivity index (χ3n) is 8.24. The van der Waals surface area contributed by atoms with Crippen molar-refractivity contribution >= 4 is 30.8 Å². The molecule has 0 radical (unpaired) electrons. The Labute approximate surface area is 236 Å². The number of amides is 3. The maximum atomic E-state index is 13.1. The highest BCUT2D eigenvalue weighted by Crippen LogP contribution is 2.62. The summed E-state index contributed by atoms with van der Waals surface area (Å²) >= 11 is 0. The molecule has 2 aliphatic heterocycles. The van der Waals surface area contributed by atoms with E-state index in [0.717, 1.165) is 17.9 Å². The Morgan fingerprint density at radius 2 is 1.85 bits per heavy atom. The molecule has 3 amide bonds. The molecule has 3 fully saturated rings. The molecule has 40 heavy (non-hydrogen) atoms. The van der Waals surface area contributed by atoms with Gasteiger partial charge in [0.15, 0.2) is 8.32 Å². The van der Waals surface area contributed by atoms with Crippen LogP contribution < -0.4 is 0 Å². The predicted molar refractivity (Wildman–Crippen MR) is 144 cm³/mol. The van der Waals surface area contributed by atoms with E-state index in [1.54, 1.807) is 27.8 Å². The number of hydroxylamine groups is 2. The van der Waals surface area contributed by atoms with Crippen LogP contribution in [0.1, 0.15) is 84.7 Å². The summed E-state index contributed by atoms with van der Waals surface area (Å²) in [5.41, 5.74) is -1.05. The van der Waals surface area contributed by atoms with E-state index < -0.39 is 54.6 Å². The Balaban J connectivity index is 1.61. The summed E-state index contributed by atoms with van der Waals surface area (Å²) in [5.74, 6) is 0.352. The molecule has 3 atom stereocenters. The summed E-state index contributed by atoms with van der Waals surface area (Å²) in [6, 6.07) is -1.83. The molecule has 1 spiro atoms. The van der Waals surface area contributed by atoms with Crippen molar-refractivity contribution in [2.75, 3.05) is 20.1 Å². The molecule has 2 bridgehead atoms. The van der Waals surface area contributed by atoms with E-state index in [-0.39, 0.29) is 35.3 Å². The van der Waals surface area contributed by atoms with Crippen LogP contribution in [0.5, 0.6) is 0 Å². The molecular formula is C24H41N5O9SSi. The van der Waals surface area contributed by atoms with Crippen LogP contribution in [0, 0.1) is 5.41 Å². The molecule has 1 aromatic rings. The lowest BCUT2D eigenvalue weighted by atomic mass is 9.85. The number of urea groups is 1. The molecule has 0 aromatic carbocycles. The van der Waals surface area contributed by atoms with Crippen LogP contribution in [0.15, 0.2) is 4.42 Å². The molecule has 1 saturated carbocycles. The van der Waals surface area contributed by atoms with Gasteiger partial charge in [-0.1, -0.05) is 20.8 Å². The van der Waals surface area contributed by atoms with Crippen molar-refractivity contribution in [2.24, 2.45) is 5.41 Å². The van der Waals surface area contributed by atoms with Crippen molar-refractivity contribution in [2.45, 2.75) is 103 Å². The summed E-state index contributed by atoms with van der Waals surface area (Å²) in [4.78, 5) is 28.7. The minimum atomic E-state index is -4.88. The van der Waals surface area contributed by atoms with Gasteiger partial charge >= 0.3 is 22.5 Å². The van der Waals surface area contributed by atoms with Crippen molar-refractivity contribution in [3.05, 3.63) is 11.8 Å². The number of likely N-dealkylation sites (N-methyl/N-ethyl adjacent to an activating group) is 1. The topological polar surface area (TPSA) is 165 Å². The Bertz CT molecular complexity index is 1250. The zero-order valence-corrected chi connectivity index (χ0v) is 26.4. The minimum absolute atomic E-state index is 0.0956. The first kappa shape index (κ1) is 30.7. The molecule has 2 saturated heterocycles. The fraction of sp³-hybridized carbons (Fsp3) is 0.833. The van der Waals surface area contributed by atoms with Crippen molar-refractivity contribution in [1.29, 1.82) is 0 Å². The van der Waals surface area contributed by atoms with Gasteiger partial charge in [-0.25, -0.2) is 9.59 Å². The molecule has 226 valence electrons. The summed E-state index contributed by atoms with van der Waals surface area (Å²) in [6.07, 6.45) is 0.729. The zero-order chi connectivity index (χ0) is 30.1. The minimum Gasteiger partial charge on any atom is -0.444 e. The molecule has 3 aliphatic rings. The highest BCUT2D eigenvalue weighted by molar-refractivity contribution is 7.80. The molecule has 1 unspecified atom stereocenters. The van der Waals surface area contributed by atoms with Gasteiger partial charge in [0.25, 0.3) is 0 Å². The first-order valence-electron chi connectivity index (χ1n) is 13.3. The lowest BCUT2D eigenvalue weighted by molar-refractivity contribution is -0.0530. The molecule has 1 N–H and O–H groups in total. The van der Waals surface area contributed by atoms with Crippen LogP contribution in [0.4, 0.5) is 9.59 Å². The van der Waals surface area contributed by atoms with Crippen LogP contribution in [0.25, 0.3) is 0 Å². The summed E-state index contributed by atoms with van der Waals surface area (Å²) < 4.78 is 55.0. The number of hydrogen-bond donors (Lipinski definition) is 1. The molecule has 16 heteroatoms. The summed E-state index contributed by atoms with van der Waals surface area (Å²) in [6.45, 7) is 16.1. The van der Waals surface area contributed by atoms with Gasteiger partial charge in [0.1, 0.15) is 17.7 Å². The van der Waals surface area contributed by atoms with Gasteiger partial charge in [-0.05, 0) is 63.6 Å². The Hall–Kier alpha value is -2.27. The van der Waals surface area contributed by atoms with Crippen molar-refractivity contribution in [3.8, 4) is 0 Å². The summed E-state index contributed by atoms with van der Waals surface area (Å²) in [5, 5.41) is 9.16. The largest absolute Gasteiger partial charge is 0.444 e. The second-order valence-electron chi connectivity index (χ2n) is 13.6. The fourth-order valence-corrected chi connectivity index (χ4v) is 6.52. The number of rotatable bonds is 8. The number of carbonyl (C=O) groups excluding carboxylic acids is 2. The molecule has 1 aliphatic carbocycles. The first-order valence-corrected chi connectivity index (χ1v) is 17.6. The van der Waals surface area contributed by atoms with Gasteiger partial charge < -0.3 is 23.4 Å². The number of hydrogen-bond acceptors (Lipinski definition) is 10. The molecule has 4 rings (SSSR count). The van der Waals surface area contributed by atoms with Gasteiger partial charge in [-0.2, -0.15) is 13.5 Å². The molecule has 14 nitrogen and oxygen atoms in total. The van der Waals surface area contributed by atoms with E-state index in [4.69, 9.17) is 13.6 Å². The lowest BCUT2D eigenvalue weighted by Gasteiger charge is -2.39. The third kappa shape index (κ3) is 6.30. The molecular weight excluding hydrogens is 562 g/mol. The van der Waals surface area contributed by atoms with Crippen LogP contribution in [-0.4, -0.2) is 90.3 Å². The monoisotopic (exact) mass is 603 g/mol. The second-order valence-corrected chi connectivity index (χ2v) is 19.3. The van der Waals surface area contributed by atoms with Gasteiger partial charge in [0, 0.05) is 13.6 Å². The van der Waals surface area contributed by atoms with E-state index in [1.807, 2.05) is 0 Å². The van der Waals surface area contributed by atoms with Crippen LogP contribution in [-0.2, 0) is 23.8 Å². The van der Waals surface area contributed by atoms with Crippen LogP contribution >= 0.6 is 0 Å². The van der Waals surface area contributed by atoms with Crippen LogP contribution in [0.3, 0.4) is 0 Å². The normalized spacial score (nSPS) is 23.5. The quantitative estimate of drug-likeness (QED) is 0.336. The highest BCUT2D eigenvalue weighted by atomic mass is 32.3. The number of nitrogens with zero attached hydrogens (tertiary/aromatic N) is 5. The predicted octanol–water partition coefficient (Wildman–Crippen LogP) is 4.07. The summed E-state index contributed by atoms with van der Waals surface area (Å²) in [7, 11) is -5.64. The Morgan fingerprint density at radius 3 is 2.38 bits per heavy atom. The van der Waals surface area contributed by atoms with E-state index >= 15 is 0 Å². The Kier molecular flexibility index (Phi) is 7.61. The van der Waals surface area contributed by atoms with E-state index in [2.05, 4.69) is 48.3 Å². The lowest BCUT2D eigenvalue weighted by Crippen LogP contribution is -2.45. The van der Waals surface area contributed by atoms with Gasteiger partial charge in [-0.3, -0.25) is 4.55 Å². The third-order valence-corrected chi connectivity index (χ3v) is 13.1. The number of piperidine rings is 1. The van der Waals surface area contributed by atoms with E-state index in [0.29, 0.717) is 6.42 Å². The molecule has 3 heterocycles. The second kappa shape index (κ2) is 9.92. The maximum Gasteiger partial charge on any atom is 0.418 e. The number of carbonyl (C=O) groups is 2. The molecule has 1 aromatic heterocycles. The standard InChI is InChI=1S/C24H41N5O9SSi/c1-22(2,3)36-21(31)27(7)13-16(37-40(8,9)23(4,5)6)19-26-25-18(35-19)15-12-24(10-11-24)17-14-28(15)20(30)29(17)38-39(32,33)34/h15-17H,10-14H2,1-9H3,(H,32,33,34)/t15-,16?,17-/m0/s1. The SMILES string of the molecule is CN(CC(O[Si](C)(C)C(C)(C)C)c1nnc([C@@H]2CC3(CC3)[C@@H]3CN2C(=O)N3OS(=O)(=O)O)o1)C(=O)OC(C)(C)C. The van der Waals surface area contributed by atoms with Crippen molar-refractivity contribution < 1.29 is 40.4 Å². The van der Waals surface area contributed by atoms with Gasteiger partial charge in [0.05, 0.1) is 12.6 Å². The fourth-order valence-electron chi connectivity index (χ4n) is 4.91. The maximum absolute atomic E-state index is 13.1. The smallest absolute Gasteiger partial charge is 0.418 e. The van der Waals surface area contributed by atoms with Gasteiger partial charge in [0.2, 0.25) is 11.8 Å². The van der Waals surface area contributed by atoms with E-state index in [1.165, 1.54) is 9.80 Å². The number of fused-ring (bicyclic) bond motifs is 3. The zero-order valence-electron chi connectivity index (χ0n) is 24.6. The highest BCUT2D eigenvalue weighted by Gasteiger charge is 2.65. The first-order chi connectivity index (χ1) is 18.1. The number of ether oxygens (including phenoxy) is 1. The van der Waals surface area contributed by atoms with Crippen molar-refractivity contribution in [3.63, 3.8) is 0 Å². The average molecular weight is 604 g/mol. The van der Waals surface area contributed by atoms with E-state index in [9.17, 15) is 22.6 Å². The average Bonchev–Trinajstić information content (AvgIpc) is 3.26.